The fourth-order valence-electron chi connectivity index (χ4n) is 6.20. The molecule has 300 valence electrons. The quantitative estimate of drug-likeness (QED) is 0.0602. The second-order valence-electron chi connectivity index (χ2n) is 13.7. The number of alkyl halides is 1. The van der Waals surface area contributed by atoms with E-state index in [9.17, 15) is 5.11 Å². The first-order chi connectivity index (χ1) is 29.0. The Bertz CT molecular complexity index is 2270. The highest BCUT2D eigenvalue weighted by molar-refractivity contribution is 14.1. The van der Waals surface area contributed by atoms with Crippen LogP contribution in [0.3, 0.4) is 0 Å². The Morgan fingerprint density at radius 1 is 0.441 bits per heavy atom. The van der Waals surface area contributed by atoms with Crippen LogP contribution in [0.5, 0.6) is 34.5 Å². The third-order valence-corrected chi connectivity index (χ3v) is 11.0. The highest BCUT2D eigenvalue weighted by Crippen LogP contribution is 2.45. The van der Waals surface area contributed by atoms with E-state index in [4.69, 9.17) is 28.4 Å². The molecule has 0 aliphatic rings. The van der Waals surface area contributed by atoms with Gasteiger partial charge >= 0.3 is 0 Å². The van der Waals surface area contributed by atoms with E-state index >= 15 is 0 Å². The van der Waals surface area contributed by atoms with Crippen LogP contribution in [0.15, 0.2) is 176 Å². The van der Waals surface area contributed by atoms with E-state index in [1.165, 1.54) is 0 Å². The van der Waals surface area contributed by atoms with Gasteiger partial charge in [-0.15, -0.1) is 0 Å². The van der Waals surface area contributed by atoms with Crippen LogP contribution in [-0.2, 0) is 33.0 Å². The monoisotopic (exact) mass is 962 g/mol. The summed E-state index contributed by atoms with van der Waals surface area (Å²) in [6.45, 7) is 1.53. The number of hydrogen-bond acceptors (Lipinski definition) is 7. The summed E-state index contributed by atoms with van der Waals surface area (Å²) in [5.74, 6) is 2.96. The van der Waals surface area contributed by atoms with Crippen LogP contribution in [0.1, 0.15) is 39.5 Å². The van der Waals surface area contributed by atoms with Gasteiger partial charge in [-0.1, -0.05) is 168 Å². The molecule has 7 nitrogen and oxygen atoms in total. The number of aliphatic hydroxyl groups excluding tert-OH is 1. The zero-order valence-corrected chi connectivity index (χ0v) is 36.0. The zero-order chi connectivity index (χ0) is 40.7. The van der Waals surface area contributed by atoms with Crippen molar-refractivity contribution in [2.45, 2.75) is 45.2 Å². The fraction of sp³-hybridized carbons (Fsp3) is 0.160. The molecule has 0 amide bonds. The maximum atomic E-state index is 11.7. The Morgan fingerprint density at radius 3 is 1.20 bits per heavy atom. The normalized spacial score (nSPS) is 11.9. The first-order valence-corrected chi connectivity index (χ1v) is 21.5. The van der Waals surface area contributed by atoms with Crippen molar-refractivity contribution in [3.8, 4) is 34.5 Å². The average Bonchev–Trinajstić information content (AvgIpc) is 3.29. The minimum atomic E-state index is -0.992. The fourth-order valence-corrected chi connectivity index (χ4v) is 7.14. The van der Waals surface area contributed by atoms with Crippen molar-refractivity contribution in [1.29, 1.82) is 0 Å². The minimum absolute atomic E-state index is 0.225. The van der Waals surface area contributed by atoms with E-state index in [2.05, 4.69) is 38.5 Å². The summed E-state index contributed by atoms with van der Waals surface area (Å²) in [5.41, 5.74) is 5.62. The number of ether oxygens (including phenoxy) is 6. The van der Waals surface area contributed by atoms with Crippen LogP contribution in [-0.4, -0.2) is 16.5 Å². The van der Waals surface area contributed by atoms with Gasteiger partial charge in [0.1, 0.15) is 56.4 Å². The van der Waals surface area contributed by atoms with E-state index < -0.39 is 12.2 Å². The van der Waals surface area contributed by atoms with Crippen LogP contribution < -0.4 is 28.4 Å². The molecular formula is C50H44BrIO7. The van der Waals surface area contributed by atoms with Crippen molar-refractivity contribution in [3.63, 3.8) is 0 Å². The van der Waals surface area contributed by atoms with Gasteiger partial charge in [-0.2, -0.15) is 0 Å². The number of halogens is 2. The van der Waals surface area contributed by atoms with Crippen molar-refractivity contribution < 1.29 is 33.5 Å². The smallest absolute Gasteiger partial charge is 0.203 e. The number of rotatable bonds is 20. The first kappa shape index (κ1) is 41.7. The Kier molecular flexibility index (Phi) is 15.2. The van der Waals surface area contributed by atoms with Crippen LogP contribution in [0.4, 0.5) is 0 Å². The molecule has 9 heteroatoms. The molecule has 0 heterocycles. The van der Waals surface area contributed by atoms with E-state index in [1.807, 2.05) is 176 Å². The van der Waals surface area contributed by atoms with E-state index in [0.717, 1.165) is 31.4 Å². The number of hydrogen-bond donors (Lipinski definition) is 1. The molecule has 0 aliphatic carbocycles. The molecule has 0 aliphatic heterocycles. The van der Waals surface area contributed by atoms with Crippen molar-refractivity contribution in [2.24, 2.45) is 0 Å². The molecule has 7 rings (SSSR count). The second kappa shape index (κ2) is 21.5. The Labute approximate surface area is 367 Å². The Morgan fingerprint density at radius 2 is 0.797 bits per heavy atom. The van der Waals surface area contributed by atoms with Gasteiger partial charge in [0.15, 0.2) is 17.6 Å². The number of benzene rings is 7. The van der Waals surface area contributed by atoms with E-state index in [-0.39, 0.29) is 25.2 Å². The lowest BCUT2D eigenvalue weighted by Gasteiger charge is -2.27. The van der Waals surface area contributed by atoms with Crippen molar-refractivity contribution in [3.05, 3.63) is 213 Å². The van der Waals surface area contributed by atoms with Gasteiger partial charge in [-0.3, -0.25) is 0 Å². The molecule has 1 N–H and O–H groups in total. The molecule has 2 atom stereocenters. The van der Waals surface area contributed by atoms with E-state index in [0.29, 0.717) is 53.3 Å². The molecule has 7 aromatic carbocycles. The lowest BCUT2D eigenvalue weighted by Crippen LogP contribution is -2.25. The van der Waals surface area contributed by atoms with Crippen LogP contribution >= 0.6 is 38.5 Å². The molecular weight excluding hydrogens is 919 g/mol. The summed E-state index contributed by atoms with van der Waals surface area (Å²) in [6.07, 6.45) is -1.89. The SMILES string of the molecule is O[C@H](CBr)[C@@H](Oc1cc(OCc2ccccc2)cc(OCc2ccccc2)c1I)c1cc(OCc2ccccc2)c(OCc2ccccc2)c(OCc2ccccc2)c1. The lowest BCUT2D eigenvalue weighted by atomic mass is 10.0. The van der Waals surface area contributed by atoms with Gasteiger partial charge in [-0.25, -0.2) is 0 Å². The predicted octanol–water partition coefficient (Wildman–Crippen LogP) is 12.1. The molecule has 0 saturated heterocycles. The van der Waals surface area contributed by atoms with E-state index in [1.54, 1.807) is 0 Å². The maximum Gasteiger partial charge on any atom is 0.203 e. The highest BCUT2D eigenvalue weighted by Gasteiger charge is 2.29. The molecule has 0 spiro atoms. The van der Waals surface area contributed by atoms with Gasteiger partial charge in [-0.05, 0) is 62.5 Å². The predicted molar refractivity (Wildman–Crippen MR) is 243 cm³/mol. The molecule has 59 heavy (non-hydrogen) atoms. The van der Waals surface area contributed by atoms with Crippen molar-refractivity contribution in [2.75, 3.05) is 5.33 Å². The van der Waals surface area contributed by atoms with Crippen LogP contribution in [0, 0.1) is 3.57 Å². The first-order valence-electron chi connectivity index (χ1n) is 19.3. The van der Waals surface area contributed by atoms with Gasteiger partial charge in [0.25, 0.3) is 0 Å². The lowest BCUT2D eigenvalue weighted by molar-refractivity contribution is 0.0504. The summed E-state index contributed by atoms with van der Waals surface area (Å²) in [5, 5.41) is 12.0. The van der Waals surface area contributed by atoms with Crippen LogP contribution in [0.2, 0.25) is 0 Å². The summed E-state index contributed by atoms with van der Waals surface area (Å²) >= 11 is 5.77. The molecule has 0 fully saturated rings. The standard InChI is InChI=1S/C50H44BrIO7/c51-30-43(53)49(59-45-29-42(54-31-36-16-6-1-7-17-36)28-44(48(45)52)55-32-37-18-8-2-9-19-37)41-26-46(56-33-38-20-10-3-11-21-38)50(58-35-40-24-14-5-15-25-40)47(27-41)57-34-39-22-12-4-13-23-39/h1-29,43,49,53H,30-35H2/t43-,49+/m1/s1. The highest BCUT2D eigenvalue weighted by atomic mass is 127. The molecule has 0 unspecified atom stereocenters. The zero-order valence-electron chi connectivity index (χ0n) is 32.3. The number of aliphatic hydroxyl groups is 1. The minimum Gasteiger partial charge on any atom is -0.489 e. The van der Waals surface area contributed by atoms with Gasteiger partial charge in [0.05, 0.1) is 3.57 Å². The molecule has 7 aromatic rings. The average molecular weight is 964 g/mol. The topological polar surface area (TPSA) is 75.6 Å². The maximum absolute atomic E-state index is 11.7. The molecule has 0 radical (unpaired) electrons. The van der Waals surface area contributed by atoms with Crippen molar-refractivity contribution in [1.82, 2.24) is 0 Å². The molecule has 0 bridgehead atoms. The summed E-state index contributed by atoms with van der Waals surface area (Å²) in [6, 6.07) is 57.2. The summed E-state index contributed by atoms with van der Waals surface area (Å²) in [7, 11) is 0. The summed E-state index contributed by atoms with van der Waals surface area (Å²) in [4.78, 5) is 0. The van der Waals surface area contributed by atoms with Gasteiger partial charge in [0.2, 0.25) is 5.75 Å². The largest absolute Gasteiger partial charge is 0.489 e. The summed E-state index contributed by atoms with van der Waals surface area (Å²) < 4.78 is 40.0. The molecule has 0 saturated carbocycles. The third-order valence-electron chi connectivity index (χ3n) is 9.30. The Balaban J connectivity index is 1.28. The molecule has 0 aromatic heterocycles. The van der Waals surface area contributed by atoms with Crippen molar-refractivity contribution >= 4 is 38.5 Å². The third kappa shape index (κ3) is 12.0. The van der Waals surface area contributed by atoms with Gasteiger partial charge < -0.3 is 33.5 Å². The van der Waals surface area contributed by atoms with Gasteiger partial charge in [0, 0.05) is 23.0 Å². The van der Waals surface area contributed by atoms with Crippen LogP contribution in [0.25, 0.3) is 0 Å². The Hall–Kier alpha value is -5.49. The second-order valence-corrected chi connectivity index (χ2v) is 15.4.